The van der Waals surface area contributed by atoms with E-state index in [-0.39, 0.29) is 11.7 Å². The molecule has 1 atom stereocenters. The molecule has 1 aromatic rings. The summed E-state index contributed by atoms with van der Waals surface area (Å²) in [5, 5.41) is 23.7. The molecule has 5 nitrogen and oxygen atoms in total. The summed E-state index contributed by atoms with van der Waals surface area (Å²) in [7, 11) is 0. The molecule has 1 N–H and O–H groups in total. The molecule has 0 bridgehead atoms. The van der Waals surface area contributed by atoms with E-state index in [0.717, 1.165) is 17.7 Å². The van der Waals surface area contributed by atoms with Gasteiger partial charge in [0.05, 0.1) is 11.0 Å². The van der Waals surface area contributed by atoms with Crippen molar-refractivity contribution in [2.45, 2.75) is 43.2 Å². The number of nitro benzene ring substituents is 1. The van der Waals surface area contributed by atoms with Crippen LogP contribution < -0.4 is 5.32 Å². The van der Waals surface area contributed by atoms with Gasteiger partial charge in [-0.2, -0.15) is 5.26 Å². The van der Waals surface area contributed by atoms with Crippen LogP contribution in [0.4, 0.5) is 5.69 Å². The van der Waals surface area contributed by atoms with Crippen molar-refractivity contribution in [3.8, 4) is 6.07 Å². The van der Waals surface area contributed by atoms with E-state index in [1.54, 1.807) is 23.9 Å². The highest BCUT2D eigenvalue weighted by molar-refractivity contribution is 7.99. The van der Waals surface area contributed by atoms with E-state index in [4.69, 9.17) is 0 Å². The largest absolute Gasteiger partial charge is 0.296 e. The van der Waals surface area contributed by atoms with Crippen molar-refractivity contribution < 1.29 is 4.92 Å². The smallest absolute Gasteiger partial charge is 0.269 e. The maximum atomic E-state index is 10.6. The number of nitro groups is 1. The van der Waals surface area contributed by atoms with E-state index in [9.17, 15) is 15.4 Å². The average Bonchev–Trinajstić information content (AvgIpc) is 3.28. The maximum Gasteiger partial charge on any atom is 0.269 e. The van der Waals surface area contributed by atoms with Gasteiger partial charge in [-0.3, -0.25) is 15.4 Å². The molecule has 6 heteroatoms. The lowest BCUT2D eigenvalue weighted by atomic mass is 9.96. The predicted octanol–water partition coefficient (Wildman–Crippen LogP) is 3.36. The van der Waals surface area contributed by atoms with Crippen LogP contribution in [0.1, 0.15) is 26.7 Å². The molecule has 1 aliphatic rings. The first-order valence-corrected chi connectivity index (χ1v) is 8.01. The third kappa shape index (κ3) is 3.96. The molecule has 0 aliphatic heterocycles. The summed E-state index contributed by atoms with van der Waals surface area (Å²) < 4.78 is 0. The van der Waals surface area contributed by atoms with Crippen molar-refractivity contribution >= 4 is 17.4 Å². The Morgan fingerprint density at radius 3 is 2.52 bits per heavy atom. The molecule has 0 saturated heterocycles. The molecule has 1 unspecified atom stereocenters. The van der Waals surface area contributed by atoms with Crippen LogP contribution in [0.15, 0.2) is 29.2 Å². The van der Waals surface area contributed by atoms with Crippen LogP contribution in [0.25, 0.3) is 0 Å². The molecule has 1 saturated carbocycles. The zero-order valence-electron chi connectivity index (χ0n) is 12.2. The number of hydrogen-bond acceptors (Lipinski definition) is 5. The van der Waals surface area contributed by atoms with Crippen molar-refractivity contribution in [1.29, 1.82) is 5.26 Å². The minimum Gasteiger partial charge on any atom is -0.296 e. The summed E-state index contributed by atoms with van der Waals surface area (Å²) in [6.07, 6.45) is 2.18. The van der Waals surface area contributed by atoms with E-state index in [2.05, 4.69) is 11.4 Å². The molecular weight excluding hydrogens is 286 g/mol. The number of nitrogens with one attached hydrogen (secondary N) is 1. The Bertz CT molecular complexity index is 549. The quantitative estimate of drug-likeness (QED) is 0.475. The number of thioether (sulfide) groups is 1. The Hall–Kier alpha value is -1.58. The number of benzene rings is 1. The highest BCUT2D eigenvalue weighted by atomic mass is 32.2. The lowest BCUT2D eigenvalue weighted by Crippen LogP contribution is -2.51. The Kier molecular flexibility index (Phi) is 4.86. The van der Waals surface area contributed by atoms with Crippen molar-refractivity contribution in [1.82, 2.24) is 5.32 Å². The van der Waals surface area contributed by atoms with E-state index < -0.39 is 10.5 Å². The van der Waals surface area contributed by atoms with Crippen LogP contribution in [-0.4, -0.2) is 22.3 Å². The normalized spacial score (nSPS) is 17.2. The molecule has 1 aromatic carbocycles. The van der Waals surface area contributed by atoms with Crippen LogP contribution in [0.2, 0.25) is 0 Å². The standard InChI is InChI=1S/C15H19N3O2S/c1-11(2)17-15(9-16,12-3-4-12)10-21-14-7-5-13(6-8-14)18(19)20/h5-8,11-12,17H,3-4,10H2,1-2H3. The second kappa shape index (κ2) is 6.46. The number of nitriles is 1. The molecule has 0 amide bonds. The van der Waals surface area contributed by atoms with Crippen LogP contribution in [0.5, 0.6) is 0 Å². The van der Waals surface area contributed by atoms with Gasteiger partial charge in [0.2, 0.25) is 0 Å². The van der Waals surface area contributed by atoms with Gasteiger partial charge in [0.15, 0.2) is 0 Å². The van der Waals surface area contributed by atoms with Gasteiger partial charge in [0, 0.05) is 28.8 Å². The SMILES string of the molecule is CC(C)NC(C#N)(CSc1ccc([N+](=O)[O-])cc1)C1CC1. The molecule has 2 rings (SSSR count). The van der Waals surface area contributed by atoms with Crippen molar-refractivity contribution in [2.24, 2.45) is 5.92 Å². The second-order valence-corrected chi connectivity index (χ2v) is 6.74. The number of hydrogen-bond donors (Lipinski definition) is 1. The molecular formula is C15H19N3O2S. The number of nitrogens with zero attached hydrogens (tertiary/aromatic N) is 2. The van der Waals surface area contributed by atoms with Crippen LogP contribution in [-0.2, 0) is 0 Å². The lowest BCUT2D eigenvalue weighted by Gasteiger charge is -2.30. The van der Waals surface area contributed by atoms with Crippen molar-refractivity contribution in [3.05, 3.63) is 34.4 Å². The van der Waals surface area contributed by atoms with Gasteiger partial charge in [-0.05, 0) is 44.7 Å². The topological polar surface area (TPSA) is 79.0 Å². The Morgan fingerprint density at radius 2 is 2.10 bits per heavy atom. The minimum atomic E-state index is -0.499. The fourth-order valence-corrected chi connectivity index (χ4v) is 3.49. The van der Waals surface area contributed by atoms with Crippen molar-refractivity contribution in [3.63, 3.8) is 0 Å². The van der Waals surface area contributed by atoms with Gasteiger partial charge in [-0.15, -0.1) is 11.8 Å². The fourth-order valence-electron chi connectivity index (χ4n) is 2.39. The zero-order chi connectivity index (χ0) is 15.5. The summed E-state index contributed by atoms with van der Waals surface area (Å²) in [5.74, 6) is 1.07. The molecule has 112 valence electrons. The third-order valence-corrected chi connectivity index (χ3v) is 4.74. The first-order valence-electron chi connectivity index (χ1n) is 7.03. The Labute approximate surface area is 128 Å². The highest BCUT2D eigenvalue weighted by Gasteiger charge is 2.45. The first-order chi connectivity index (χ1) is 9.97. The summed E-state index contributed by atoms with van der Waals surface area (Å²) in [6, 6.07) is 9.21. The molecule has 1 aliphatic carbocycles. The second-order valence-electron chi connectivity index (χ2n) is 5.70. The molecule has 0 spiro atoms. The van der Waals surface area contributed by atoms with Crippen molar-refractivity contribution in [2.75, 3.05) is 5.75 Å². The molecule has 0 aromatic heterocycles. The Morgan fingerprint density at radius 1 is 1.48 bits per heavy atom. The van der Waals surface area contributed by atoms with Crippen LogP contribution in [0, 0.1) is 27.4 Å². The lowest BCUT2D eigenvalue weighted by molar-refractivity contribution is -0.384. The highest BCUT2D eigenvalue weighted by Crippen LogP contribution is 2.42. The summed E-state index contributed by atoms with van der Waals surface area (Å²) in [6.45, 7) is 4.09. The van der Waals surface area contributed by atoms with E-state index >= 15 is 0 Å². The Balaban J connectivity index is 2.04. The number of non-ortho nitro benzene ring substituents is 1. The van der Waals surface area contributed by atoms with Gasteiger partial charge in [-0.25, -0.2) is 0 Å². The summed E-state index contributed by atoms with van der Waals surface area (Å²) in [4.78, 5) is 11.2. The maximum absolute atomic E-state index is 10.6. The van der Waals surface area contributed by atoms with Gasteiger partial charge >= 0.3 is 0 Å². The van der Waals surface area contributed by atoms with Gasteiger partial charge in [0.25, 0.3) is 5.69 Å². The fraction of sp³-hybridized carbons (Fsp3) is 0.533. The summed E-state index contributed by atoms with van der Waals surface area (Å²) >= 11 is 1.58. The molecule has 0 radical (unpaired) electrons. The molecule has 21 heavy (non-hydrogen) atoms. The number of rotatable bonds is 7. The van der Waals surface area contributed by atoms with Gasteiger partial charge in [0.1, 0.15) is 5.54 Å². The zero-order valence-corrected chi connectivity index (χ0v) is 13.0. The minimum absolute atomic E-state index is 0.0911. The van der Waals surface area contributed by atoms with Gasteiger partial charge < -0.3 is 0 Å². The first kappa shape index (κ1) is 15.8. The van der Waals surface area contributed by atoms with E-state index in [1.165, 1.54) is 12.1 Å². The van der Waals surface area contributed by atoms with E-state index in [1.807, 2.05) is 13.8 Å². The van der Waals surface area contributed by atoms with Crippen LogP contribution >= 0.6 is 11.8 Å². The van der Waals surface area contributed by atoms with Gasteiger partial charge in [-0.1, -0.05) is 0 Å². The van der Waals surface area contributed by atoms with Crippen LogP contribution in [0.3, 0.4) is 0 Å². The molecule has 0 heterocycles. The molecule has 1 fully saturated rings. The average molecular weight is 305 g/mol. The monoisotopic (exact) mass is 305 g/mol. The predicted molar refractivity (Wildman–Crippen MR) is 83.2 cm³/mol. The third-order valence-electron chi connectivity index (χ3n) is 3.53. The van der Waals surface area contributed by atoms with E-state index in [0.29, 0.717) is 11.7 Å². The summed E-state index contributed by atoms with van der Waals surface area (Å²) in [5.41, 5.74) is -0.408.